The molecule has 0 amide bonds. The number of rotatable bonds is 7. The van der Waals surface area contributed by atoms with Gasteiger partial charge in [0.2, 0.25) is 0 Å². The van der Waals surface area contributed by atoms with Gasteiger partial charge < -0.3 is 14.8 Å². The molecule has 0 heterocycles. The molecule has 1 N–H and O–H groups in total. The van der Waals surface area contributed by atoms with Crippen molar-refractivity contribution in [2.24, 2.45) is 5.41 Å². The fourth-order valence-electron chi connectivity index (χ4n) is 2.54. The number of nitrogens with one attached hydrogen (secondary N) is 1. The molecule has 0 bridgehead atoms. The first-order valence-corrected chi connectivity index (χ1v) is 7.34. The van der Waals surface area contributed by atoms with Gasteiger partial charge in [-0.05, 0) is 42.5 Å². The van der Waals surface area contributed by atoms with Crippen molar-refractivity contribution in [3.63, 3.8) is 0 Å². The van der Waals surface area contributed by atoms with Gasteiger partial charge >= 0.3 is 0 Å². The molecule has 20 heavy (non-hydrogen) atoms. The molecule has 3 nitrogen and oxygen atoms in total. The van der Waals surface area contributed by atoms with Crippen LogP contribution in [0.1, 0.15) is 39.7 Å². The topological polar surface area (TPSA) is 30.5 Å². The summed E-state index contributed by atoms with van der Waals surface area (Å²) in [6.07, 6.45) is 2.15. The Balaban J connectivity index is 2.82. The van der Waals surface area contributed by atoms with Gasteiger partial charge in [-0.3, -0.25) is 0 Å². The first kappa shape index (κ1) is 16.8. The first-order valence-electron chi connectivity index (χ1n) is 7.34. The lowest BCUT2D eigenvalue weighted by molar-refractivity contribution is 0.308. The van der Waals surface area contributed by atoms with Gasteiger partial charge in [-0.1, -0.05) is 33.8 Å². The normalized spacial score (nSPS) is 13.1. The minimum absolute atomic E-state index is 0.323. The Morgan fingerprint density at radius 1 is 1.10 bits per heavy atom. The highest BCUT2D eigenvalue weighted by molar-refractivity contribution is 5.43. The second kappa shape index (κ2) is 7.53. The van der Waals surface area contributed by atoms with Crippen LogP contribution in [0.2, 0.25) is 0 Å². The summed E-state index contributed by atoms with van der Waals surface area (Å²) in [6.45, 7) is 10.0. The number of methoxy groups -OCH3 is 2. The number of benzene rings is 1. The minimum atomic E-state index is 0.323. The average Bonchev–Trinajstić information content (AvgIpc) is 2.37. The molecule has 0 saturated heterocycles. The average molecular weight is 279 g/mol. The first-order chi connectivity index (χ1) is 9.39. The zero-order valence-electron chi connectivity index (χ0n) is 13.7. The molecule has 0 fully saturated rings. The van der Waals surface area contributed by atoms with Crippen molar-refractivity contribution >= 4 is 0 Å². The van der Waals surface area contributed by atoms with Crippen molar-refractivity contribution in [2.75, 3.05) is 20.8 Å². The Labute approximate surface area is 123 Å². The monoisotopic (exact) mass is 279 g/mol. The van der Waals surface area contributed by atoms with Crippen LogP contribution in [-0.2, 0) is 6.42 Å². The summed E-state index contributed by atoms with van der Waals surface area (Å²) in [4.78, 5) is 0. The molecule has 1 unspecified atom stereocenters. The summed E-state index contributed by atoms with van der Waals surface area (Å²) in [7, 11) is 3.34. The molecular weight excluding hydrogens is 250 g/mol. The van der Waals surface area contributed by atoms with Gasteiger partial charge in [-0.15, -0.1) is 0 Å². The van der Waals surface area contributed by atoms with Crippen LogP contribution in [0.3, 0.4) is 0 Å². The van der Waals surface area contributed by atoms with Gasteiger partial charge in [-0.2, -0.15) is 0 Å². The van der Waals surface area contributed by atoms with Crippen molar-refractivity contribution < 1.29 is 9.47 Å². The molecule has 3 heteroatoms. The SMILES string of the molecule is CCNC(Cc1ccc(OC)c(OC)c1)CC(C)(C)C. The van der Waals surface area contributed by atoms with E-state index in [1.165, 1.54) is 5.56 Å². The molecule has 1 aromatic rings. The lowest BCUT2D eigenvalue weighted by atomic mass is 9.86. The summed E-state index contributed by atoms with van der Waals surface area (Å²) in [5, 5.41) is 3.58. The smallest absolute Gasteiger partial charge is 0.160 e. The number of ether oxygens (including phenoxy) is 2. The fourth-order valence-corrected chi connectivity index (χ4v) is 2.54. The third-order valence-corrected chi connectivity index (χ3v) is 3.28. The minimum Gasteiger partial charge on any atom is -0.493 e. The standard InChI is InChI=1S/C17H29NO2/c1-7-18-14(12-17(2,3)4)10-13-8-9-15(19-5)16(11-13)20-6/h8-9,11,14,18H,7,10,12H2,1-6H3. The molecule has 0 spiro atoms. The van der Waals surface area contributed by atoms with Gasteiger partial charge in [0.25, 0.3) is 0 Å². The van der Waals surface area contributed by atoms with E-state index in [1.807, 2.05) is 6.07 Å². The van der Waals surface area contributed by atoms with Crippen LogP contribution in [0.25, 0.3) is 0 Å². The van der Waals surface area contributed by atoms with Crippen LogP contribution in [0.4, 0.5) is 0 Å². The molecule has 0 saturated carbocycles. The van der Waals surface area contributed by atoms with Crippen molar-refractivity contribution in [1.29, 1.82) is 0 Å². The van der Waals surface area contributed by atoms with Gasteiger partial charge in [0, 0.05) is 6.04 Å². The van der Waals surface area contributed by atoms with Gasteiger partial charge in [0.15, 0.2) is 11.5 Å². The van der Waals surface area contributed by atoms with Crippen molar-refractivity contribution in [3.05, 3.63) is 23.8 Å². The van der Waals surface area contributed by atoms with E-state index < -0.39 is 0 Å². The Hall–Kier alpha value is -1.22. The van der Waals surface area contributed by atoms with E-state index >= 15 is 0 Å². The highest BCUT2D eigenvalue weighted by Gasteiger charge is 2.19. The van der Waals surface area contributed by atoms with Gasteiger partial charge in [0.1, 0.15) is 0 Å². The summed E-state index contributed by atoms with van der Waals surface area (Å²) >= 11 is 0. The largest absolute Gasteiger partial charge is 0.493 e. The molecule has 0 aliphatic rings. The quantitative estimate of drug-likeness (QED) is 0.826. The summed E-state index contributed by atoms with van der Waals surface area (Å²) < 4.78 is 10.7. The molecule has 0 aliphatic carbocycles. The lowest BCUT2D eigenvalue weighted by Gasteiger charge is -2.27. The number of hydrogen-bond acceptors (Lipinski definition) is 3. The summed E-state index contributed by atoms with van der Waals surface area (Å²) in [5.74, 6) is 1.59. The zero-order valence-corrected chi connectivity index (χ0v) is 13.7. The highest BCUT2D eigenvalue weighted by atomic mass is 16.5. The highest BCUT2D eigenvalue weighted by Crippen LogP contribution is 2.29. The molecule has 0 aromatic heterocycles. The molecular formula is C17H29NO2. The fraction of sp³-hybridized carbons (Fsp3) is 0.647. The zero-order chi connectivity index (χ0) is 15.2. The van der Waals surface area contributed by atoms with Gasteiger partial charge in [-0.25, -0.2) is 0 Å². The summed E-state index contributed by atoms with van der Waals surface area (Å²) in [6, 6.07) is 6.66. The van der Waals surface area contributed by atoms with E-state index in [2.05, 4.69) is 45.1 Å². The van der Waals surface area contributed by atoms with E-state index in [-0.39, 0.29) is 0 Å². The van der Waals surface area contributed by atoms with Crippen LogP contribution in [0.5, 0.6) is 11.5 Å². The Morgan fingerprint density at radius 2 is 1.75 bits per heavy atom. The maximum Gasteiger partial charge on any atom is 0.160 e. The Kier molecular flexibility index (Phi) is 6.34. The third-order valence-electron chi connectivity index (χ3n) is 3.28. The molecule has 0 radical (unpaired) electrons. The van der Waals surface area contributed by atoms with Crippen LogP contribution >= 0.6 is 0 Å². The van der Waals surface area contributed by atoms with E-state index in [9.17, 15) is 0 Å². The second-order valence-electron chi connectivity index (χ2n) is 6.41. The maximum atomic E-state index is 5.37. The third kappa shape index (κ3) is 5.41. The van der Waals surface area contributed by atoms with E-state index in [1.54, 1.807) is 14.2 Å². The molecule has 1 atom stereocenters. The molecule has 114 valence electrons. The summed E-state index contributed by atoms with van der Waals surface area (Å²) in [5.41, 5.74) is 1.60. The van der Waals surface area contributed by atoms with Crippen LogP contribution in [0.15, 0.2) is 18.2 Å². The van der Waals surface area contributed by atoms with Crippen molar-refractivity contribution in [1.82, 2.24) is 5.32 Å². The number of hydrogen-bond donors (Lipinski definition) is 1. The molecule has 1 aromatic carbocycles. The van der Waals surface area contributed by atoms with Crippen LogP contribution in [-0.4, -0.2) is 26.8 Å². The van der Waals surface area contributed by atoms with Gasteiger partial charge in [0.05, 0.1) is 14.2 Å². The van der Waals surface area contributed by atoms with Crippen LogP contribution in [0, 0.1) is 5.41 Å². The molecule has 1 rings (SSSR count). The maximum absolute atomic E-state index is 5.37. The number of likely N-dealkylation sites (N-methyl/N-ethyl adjacent to an activating group) is 1. The van der Waals surface area contributed by atoms with E-state index in [4.69, 9.17) is 9.47 Å². The van der Waals surface area contributed by atoms with E-state index in [0.717, 1.165) is 30.9 Å². The Bertz CT molecular complexity index is 410. The van der Waals surface area contributed by atoms with Crippen LogP contribution < -0.4 is 14.8 Å². The lowest BCUT2D eigenvalue weighted by Crippen LogP contribution is -2.34. The molecule has 0 aliphatic heterocycles. The second-order valence-corrected chi connectivity index (χ2v) is 6.41. The predicted octanol–water partition coefficient (Wildman–Crippen LogP) is 3.66. The Morgan fingerprint density at radius 3 is 2.25 bits per heavy atom. The van der Waals surface area contributed by atoms with E-state index in [0.29, 0.717) is 11.5 Å². The predicted molar refractivity (Wildman–Crippen MR) is 84.8 cm³/mol. The van der Waals surface area contributed by atoms with Crippen molar-refractivity contribution in [3.8, 4) is 11.5 Å². The van der Waals surface area contributed by atoms with Crippen molar-refractivity contribution in [2.45, 2.75) is 46.6 Å².